The molecule has 29 heavy (non-hydrogen) atoms. The van der Waals surface area contributed by atoms with Gasteiger partial charge >= 0.3 is 0 Å². The van der Waals surface area contributed by atoms with Gasteiger partial charge in [0.25, 0.3) is 12.0 Å². The molecule has 1 aromatic carbocycles. The highest BCUT2D eigenvalue weighted by molar-refractivity contribution is 6.33. The molecule has 0 unspecified atom stereocenters. The van der Waals surface area contributed by atoms with Crippen LogP contribution in [0.2, 0.25) is 5.02 Å². The van der Waals surface area contributed by atoms with Crippen LogP contribution in [0, 0.1) is 0 Å². The highest BCUT2D eigenvalue weighted by atomic mass is 35.5. The molecule has 152 valence electrons. The fraction of sp³-hybridized carbons (Fsp3) is 0.263. The highest BCUT2D eigenvalue weighted by Gasteiger charge is 2.25. The SMILES string of the molecule is NC(C=O)=C1CN(c2cn[nH]c(=O)c2Cl)CCC1=NCc1ccccc1C(F)F. The molecule has 0 bridgehead atoms. The molecule has 0 atom stereocenters. The van der Waals surface area contributed by atoms with Gasteiger partial charge in [-0.2, -0.15) is 5.10 Å². The maximum absolute atomic E-state index is 13.2. The van der Waals surface area contributed by atoms with Gasteiger partial charge in [-0.1, -0.05) is 35.9 Å². The number of benzene rings is 1. The topological polar surface area (TPSA) is 104 Å². The van der Waals surface area contributed by atoms with Gasteiger partial charge in [-0.15, -0.1) is 0 Å². The Morgan fingerprint density at radius 1 is 1.41 bits per heavy atom. The van der Waals surface area contributed by atoms with Gasteiger partial charge in [-0.05, 0) is 5.56 Å². The normalized spacial score (nSPS) is 17.7. The zero-order chi connectivity index (χ0) is 21.0. The summed E-state index contributed by atoms with van der Waals surface area (Å²) < 4.78 is 26.4. The predicted molar refractivity (Wildman–Crippen MR) is 107 cm³/mol. The molecule has 7 nitrogen and oxygen atoms in total. The van der Waals surface area contributed by atoms with E-state index in [2.05, 4.69) is 15.2 Å². The molecule has 0 spiro atoms. The smallest absolute Gasteiger partial charge is 0.285 e. The molecular weight excluding hydrogens is 404 g/mol. The number of allylic oxidation sites excluding steroid dienone is 1. The van der Waals surface area contributed by atoms with Crippen molar-refractivity contribution in [2.24, 2.45) is 10.7 Å². The number of nitrogens with zero attached hydrogens (tertiary/aromatic N) is 3. The maximum Gasteiger partial charge on any atom is 0.285 e. The Kier molecular flexibility index (Phi) is 6.38. The Morgan fingerprint density at radius 2 is 2.17 bits per heavy atom. The van der Waals surface area contributed by atoms with Gasteiger partial charge in [-0.25, -0.2) is 13.9 Å². The number of nitrogens with two attached hydrogens (primary N) is 1. The number of aliphatic imine (C=N–C) groups is 1. The van der Waals surface area contributed by atoms with Crippen LogP contribution in [0.4, 0.5) is 14.5 Å². The zero-order valence-corrected chi connectivity index (χ0v) is 16.0. The molecule has 0 amide bonds. The average Bonchev–Trinajstić information content (AvgIpc) is 2.73. The van der Waals surface area contributed by atoms with E-state index in [1.165, 1.54) is 12.3 Å². The minimum Gasteiger partial charge on any atom is -0.396 e. The van der Waals surface area contributed by atoms with Crippen molar-refractivity contribution < 1.29 is 13.6 Å². The number of carbonyl (C=O) groups excluding carboxylic acids is 1. The minimum atomic E-state index is -2.60. The van der Waals surface area contributed by atoms with Crippen LogP contribution in [0.1, 0.15) is 24.0 Å². The fourth-order valence-corrected chi connectivity index (χ4v) is 3.34. The first-order valence-electron chi connectivity index (χ1n) is 8.74. The lowest BCUT2D eigenvalue weighted by atomic mass is 9.99. The summed E-state index contributed by atoms with van der Waals surface area (Å²) in [5.41, 5.74) is 7.09. The molecule has 10 heteroatoms. The number of anilines is 1. The summed E-state index contributed by atoms with van der Waals surface area (Å²) in [6, 6.07) is 6.17. The van der Waals surface area contributed by atoms with E-state index in [1.54, 1.807) is 23.1 Å². The summed E-state index contributed by atoms with van der Waals surface area (Å²) >= 11 is 6.07. The van der Waals surface area contributed by atoms with Crippen LogP contribution >= 0.6 is 11.6 Å². The maximum atomic E-state index is 13.2. The third-order valence-electron chi connectivity index (χ3n) is 4.64. The first-order chi connectivity index (χ1) is 13.9. The number of piperidine rings is 1. The largest absolute Gasteiger partial charge is 0.396 e. The van der Waals surface area contributed by atoms with E-state index < -0.39 is 12.0 Å². The van der Waals surface area contributed by atoms with Gasteiger partial charge in [0, 0.05) is 36.4 Å². The molecular formula is C19H18ClF2N5O2. The molecule has 0 radical (unpaired) electrons. The minimum absolute atomic E-state index is 0.00971. The van der Waals surface area contributed by atoms with Gasteiger partial charge < -0.3 is 10.6 Å². The molecule has 0 aliphatic carbocycles. The van der Waals surface area contributed by atoms with Gasteiger partial charge in [0.2, 0.25) is 0 Å². The Bertz CT molecular complexity index is 1040. The number of halogens is 3. The third-order valence-corrected chi connectivity index (χ3v) is 5.00. The molecule has 1 aliphatic rings. The number of alkyl halides is 2. The Labute approximate surface area is 169 Å². The second-order valence-corrected chi connectivity index (χ2v) is 6.76. The number of hydrogen-bond acceptors (Lipinski definition) is 6. The van der Waals surface area contributed by atoms with E-state index in [0.29, 0.717) is 41.8 Å². The molecule has 0 saturated carbocycles. The lowest BCUT2D eigenvalue weighted by molar-refractivity contribution is -0.105. The number of aldehydes is 1. The highest BCUT2D eigenvalue weighted by Crippen LogP contribution is 2.27. The van der Waals surface area contributed by atoms with E-state index in [9.17, 15) is 18.4 Å². The number of rotatable bonds is 5. The van der Waals surface area contributed by atoms with Crippen molar-refractivity contribution in [3.8, 4) is 0 Å². The second kappa shape index (κ2) is 8.95. The van der Waals surface area contributed by atoms with Crippen LogP contribution < -0.4 is 16.2 Å². The third kappa shape index (κ3) is 4.51. The van der Waals surface area contributed by atoms with E-state index in [-0.39, 0.29) is 29.4 Å². The van der Waals surface area contributed by atoms with Crippen LogP contribution in [0.15, 0.2) is 51.5 Å². The first-order valence-corrected chi connectivity index (χ1v) is 9.11. The summed E-state index contributed by atoms with van der Waals surface area (Å²) in [6.07, 6.45) is -0.281. The molecule has 3 rings (SSSR count). The van der Waals surface area contributed by atoms with Crippen molar-refractivity contribution in [1.82, 2.24) is 10.2 Å². The predicted octanol–water partition coefficient (Wildman–Crippen LogP) is 2.62. The molecule has 3 N–H and O–H groups in total. The van der Waals surface area contributed by atoms with Crippen molar-refractivity contribution in [3.63, 3.8) is 0 Å². The van der Waals surface area contributed by atoms with Crippen LogP contribution in [-0.2, 0) is 11.3 Å². The quantitative estimate of drug-likeness (QED) is 0.570. The van der Waals surface area contributed by atoms with Crippen LogP contribution in [0.25, 0.3) is 0 Å². The standard InChI is InChI=1S/C19H18ClF2N5O2/c20-17-16(8-25-26-19(17)29)27-6-5-15(13(9-27)14(23)10-28)24-7-11-3-1-2-4-12(11)18(21)22/h1-4,8,10,18H,5-7,9,23H2,(H,26,29). The Balaban J connectivity index is 1.90. The van der Waals surface area contributed by atoms with E-state index in [4.69, 9.17) is 17.3 Å². The number of carbonyl (C=O) groups is 1. The summed E-state index contributed by atoms with van der Waals surface area (Å²) in [6.45, 7) is 0.666. The van der Waals surface area contributed by atoms with Crippen LogP contribution in [0.5, 0.6) is 0 Å². The summed E-state index contributed by atoms with van der Waals surface area (Å²) in [5, 5.41) is 5.98. The van der Waals surface area contributed by atoms with Crippen molar-refractivity contribution in [3.05, 3.63) is 68.2 Å². The number of H-pyrrole nitrogens is 1. The van der Waals surface area contributed by atoms with Crippen LogP contribution in [0.3, 0.4) is 0 Å². The zero-order valence-electron chi connectivity index (χ0n) is 15.2. The van der Waals surface area contributed by atoms with Gasteiger partial charge in [-0.3, -0.25) is 14.6 Å². The first kappa shape index (κ1) is 20.7. The van der Waals surface area contributed by atoms with Crippen molar-refractivity contribution in [2.45, 2.75) is 19.4 Å². The van der Waals surface area contributed by atoms with E-state index in [0.717, 1.165) is 0 Å². The van der Waals surface area contributed by atoms with E-state index in [1.807, 2.05) is 0 Å². The van der Waals surface area contributed by atoms with Gasteiger partial charge in [0.05, 0.1) is 24.1 Å². The summed E-state index contributed by atoms with van der Waals surface area (Å²) in [5.74, 6) is 0. The monoisotopic (exact) mass is 421 g/mol. The number of hydrogen-bond donors (Lipinski definition) is 2. The summed E-state index contributed by atoms with van der Waals surface area (Å²) in [7, 11) is 0. The van der Waals surface area contributed by atoms with E-state index >= 15 is 0 Å². The molecule has 1 aliphatic heterocycles. The van der Waals surface area contributed by atoms with Crippen molar-refractivity contribution in [2.75, 3.05) is 18.0 Å². The van der Waals surface area contributed by atoms with Crippen LogP contribution in [-0.4, -0.2) is 35.3 Å². The van der Waals surface area contributed by atoms with Crippen molar-refractivity contribution in [1.29, 1.82) is 0 Å². The molecule has 2 aromatic rings. The number of aromatic amines is 1. The van der Waals surface area contributed by atoms with Gasteiger partial charge in [0.15, 0.2) is 6.29 Å². The van der Waals surface area contributed by atoms with Gasteiger partial charge in [0.1, 0.15) is 5.02 Å². The molecule has 1 aromatic heterocycles. The fourth-order valence-electron chi connectivity index (χ4n) is 3.13. The molecule has 2 heterocycles. The Hall–Kier alpha value is -3.07. The summed E-state index contributed by atoms with van der Waals surface area (Å²) in [4.78, 5) is 29.2. The average molecular weight is 422 g/mol. The number of nitrogens with one attached hydrogen (secondary N) is 1. The number of aromatic nitrogens is 2. The van der Waals surface area contributed by atoms with Crippen molar-refractivity contribution >= 4 is 29.3 Å². The lowest BCUT2D eigenvalue weighted by Crippen LogP contribution is -2.38. The lowest BCUT2D eigenvalue weighted by Gasteiger charge is -2.32. The molecule has 1 saturated heterocycles. The molecule has 1 fully saturated rings. The Morgan fingerprint density at radius 3 is 2.90 bits per heavy atom. The second-order valence-electron chi connectivity index (χ2n) is 6.38.